The molecule has 0 atom stereocenters. The molecular formula is C25H27N3O5. The smallest absolute Gasteiger partial charge is 0.328 e. The van der Waals surface area contributed by atoms with Gasteiger partial charge in [-0.1, -0.05) is 35.9 Å². The lowest BCUT2D eigenvalue weighted by Gasteiger charge is -2.28. The first kappa shape index (κ1) is 23.9. The normalized spacial score (nSPS) is 14.7. The molecule has 172 valence electrons. The molecule has 0 saturated carbocycles. The first-order valence-electron chi connectivity index (χ1n) is 10.7. The van der Waals surface area contributed by atoms with Crippen LogP contribution in [0.2, 0.25) is 0 Å². The minimum absolute atomic E-state index is 0.0598. The van der Waals surface area contributed by atoms with Gasteiger partial charge in [-0.25, -0.2) is 9.59 Å². The van der Waals surface area contributed by atoms with Crippen molar-refractivity contribution in [3.05, 3.63) is 77.5 Å². The molecule has 8 heteroatoms. The maximum absolute atomic E-state index is 13.0. The molecule has 8 nitrogen and oxygen atoms in total. The van der Waals surface area contributed by atoms with Crippen LogP contribution in [-0.4, -0.2) is 62.9 Å². The van der Waals surface area contributed by atoms with Crippen LogP contribution in [0.15, 0.2) is 60.7 Å². The summed E-state index contributed by atoms with van der Waals surface area (Å²) < 4.78 is 1.59. The number of nitrogens with zero attached hydrogens (tertiary/aromatic N) is 3. The van der Waals surface area contributed by atoms with Crippen molar-refractivity contribution in [2.24, 2.45) is 0 Å². The van der Waals surface area contributed by atoms with Gasteiger partial charge < -0.3 is 15.1 Å². The molecule has 0 unspecified atom stereocenters. The fourth-order valence-electron chi connectivity index (χ4n) is 3.79. The SMILES string of the molecule is Cc1ccc(C(=O)n2nc(C3CCN(C)CC3)c3ccccc32)cc1.O=C(O)C=CC(=O)O. The van der Waals surface area contributed by atoms with Gasteiger partial charge >= 0.3 is 11.9 Å². The summed E-state index contributed by atoms with van der Waals surface area (Å²) in [6.45, 7) is 4.19. The van der Waals surface area contributed by atoms with Crippen LogP contribution >= 0.6 is 0 Å². The number of aromatic nitrogens is 2. The molecule has 2 heterocycles. The predicted octanol–water partition coefficient (Wildman–Crippen LogP) is 3.55. The Hall–Kier alpha value is -3.78. The molecule has 33 heavy (non-hydrogen) atoms. The monoisotopic (exact) mass is 449 g/mol. The van der Waals surface area contributed by atoms with Gasteiger partial charge in [0.2, 0.25) is 0 Å². The first-order valence-corrected chi connectivity index (χ1v) is 10.7. The summed E-state index contributed by atoms with van der Waals surface area (Å²) in [5.41, 5.74) is 3.80. The highest BCUT2D eigenvalue weighted by molar-refractivity contribution is 6.01. The van der Waals surface area contributed by atoms with E-state index in [9.17, 15) is 14.4 Å². The second-order valence-corrected chi connectivity index (χ2v) is 8.07. The van der Waals surface area contributed by atoms with E-state index in [1.54, 1.807) is 4.68 Å². The highest BCUT2D eigenvalue weighted by atomic mass is 16.4. The van der Waals surface area contributed by atoms with E-state index in [0.717, 1.165) is 48.1 Å². The van der Waals surface area contributed by atoms with E-state index < -0.39 is 11.9 Å². The second-order valence-electron chi connectivity index (χ2n) is 8.07. The molecule has 1 saturated heterocycles. The van der Waals surface area contributed by atoms with Crippen molar-refractivity contribution < 1.29 is 24.6 Å². The number of piperidine rings is 1. The third kappa shape index (κ3) is 6.14. The number of para-hydroxylation sites is 1. The van der Waals surface area contributed by atoms with Crippen LogP contribution in [0.25, 0.3) is 10.9 Å². The molecular weight excluding hydrogens is 422 g/mol. The van der Waals surface area contributed by atoms with Crippen molar-refractivity contribution in [2.45, 2.75) is 25.7 Å². The molecule has 0 amide bonds. The van der Waals surface area contributed by atoms with Crippen molar-refractivity contribution in [1.82, 2.24) is 14.7 Å². The van der Waals surface area contributed by atoms with Gasteiger partial charge in [0.15, 0.2) is 0 Å². The summed E-state index contributed by atoms with van der Waals surface area (Å²) in [4.78, 5) is 34.5. The number of hydrogen-bond acceptors (Lipinski definition) is 5. The zero-order valence-corrected chi connectivity index (χ0v) is 18.6. The summed E-state index contributed by atoms with van der Waals surface area (Å²) in [5, 5.41) is 21.5. The summed E-state index contributed by atoms with van der Waals surface area (Å²) in [5.74, 6) is -2.15. The van der Waals surface area contributed by atoms with Crippen LogP contribution < -0.4 is 0 Å². The molecule has 0 spiro atoms. The maximum Gasteiger partial charge on any atom is 0.328 e. The van der Waals surface area contributed by atoms with E-state index in [0.29, 0.717) is 23.6 Å². The number of likely N-dealkylation sites (tertiary alicyclic amines) is 1. The molecule has 3 aromatic rings. The molecule has 0 aliphatic carbocycles. The van der Waals surface area contributed by atoms with Crippen LogP contribution in [-0.2, 0) is 9.59 Å². The van der Waals surface area contributed by atoms with Crippen LogP contribution in [0, 0.1) is 6.92 Å². The Balaban J connectivity index is 0.000000331. The molecule has 0 bridgehead atoms. The number of carboxylic acid groups (broad SMARTS) is 2. The maximum atomic E-state index is 13.0. The Labute approximate surface area is 191 Å². The van der Waals surface area contributed by atoms with Crippen molar-refractivity contribution in [2.75, 3.05) is 20.1 Å². The quantitative estimate of drug-likeness (QED) is 0.586. The minimum atomic E-state index is -1.26. The lowest BCUT2D eigenvalue weighted by atomic mass is 9.92. The largest absolute Gasteiger partial charge is 0.478 e. The third-order valence-electron chi connectivity index (χ3n) is 5.58. The number of carbonyl (C=O) groups excluding carboxylic acids is 1. The molecule has 0 radical (unpaired) electrons. The van der Waals surface area contributed by atoms with Gasteiger partial charge in [0, 0.05) is 29.0 Å². The number of aryl methyl sites for hydroxylation is 1. The first-order chi connectivity index (χ1) is 15.8. The van der Waals surface area contributed by atoms with Crippen molar-refractivity contribution in [3.8, 4) is 0 Å². The summed E-state index contributed by atoms with van der Waals surface area (Å²) in [7, 11) is 2.16. The van der Waals surface area contributed by atoms with Gasteiger partial charge in [0.25, 0.3) is 5.91 Å². The fourth-order valence-corrected chi connectivity index (χ4v) is 3.79. The Morgan fingerprint density at radius 3 is 2.09 bits per heavy atom. The average molecular weight is 450 g/mol. The summed E-state index contributed by atoms with van der Waals surface area (Å²) in [6.07, 6.45) is 3.30. The van der Waals surface area contributed by atoms with Gasteiger partial charge in [-0.2, -0.15) is 9.78 Å². The molecule has 2 aromatic carbocycles. The van der Waals surface area contributed by atoms with Crippen molar-refractivity contribution in [3.63, 3.8) is 0 Å². The average Bonchev–Trinajstić information content (AvgIpc) is 3.18. The Bertz CT molecular complexity index is 1160. The second kappa shape index (κ2) is 10.7. The lowest BCUT2D eigenvalue weighted by Crippen LogP contribution is -2.29. The lowest BCUT2D eigenvalue weighted by molar-refractivity contribution is -0.134. The molecule has 1 aliphatic rings. The number of aliphatic carboxylic acids is 2. The highest BCUT2D eigenvalue weighted by Gasteiger charge is 2.25. The number of hydrogen-bond donors (Lipinski definition) is 2. The number of carbonyl (C=O) groups is 3. The number of rotatable bonds is 4. The van der Waals surface area contributed by atoms with E-state index >= 15 is 0 Å². The summed E-state index contributed by atoms with van der Waals surface area (Å²) >= 11 is 0. The van der Waals surface area contributed by atoms with E-state index in [2.05, 4.69) is 18.0 Å². The third-order valence-corrected chi connectivity index (χ3v) is 5.58. The molecule has 2 N–H and O–H groups in total. The van der Waals surface area contributed by atoms with Crippen LogP contribution in [0.3, 0.4) is 0 Å². The van der Waals surface area contributed by atoms with Gasteiger partial charge in [-0.3, -0.25) is 4.79 Å². The minimum Gasteiger partial charge on any atom is -0.478 e. The van der Waals surface area contributed by atoms with E-state index in [-0.39, 0.29) is 5.91 Å². The summed E-state index contributed by atoms with van der Waals surface area (Å²) in [6, 6.07) is 15.8. The van der Waals surface area contributed by atoms with Crippen LogP contribution in [0.1, 0.15) is 40.4 Å². The Morgan fingerprint density at radius 1 is 0.939 bits per heavy atom. The van der Waals surface area contributed by atoms with Gasteiger partial charge in [0.05, 0.1) is 11.2 Å². The van der Waals surface area contributed by atoms with E-state index in [1.165, 1.54) is 0 Å². The zero-order chi connectivity index (χ0) is 24.0. The molecule has 1 fully saturated rings. The molecule has 1 aliphatic heterocycles. The number of benzene rings is 2. The zero-order valence-electron chi connectivity index (χ0n) is 18.6. The topological polar surface area (TPSA) is 113 Å². The fraction of sp³-hybridized carbons (Fsp3) is 0.280. The number of fused-ring (bicyclic) bond motifs is 1. The van der Waals surface area contributed by atoms with Crippen LogP contribution in [0.4, 0.5) is 0 Å². The van der Waals surface area contributed by atoms with Crippen molar-refractivity contribution >= 4 is 28.7 Å². The molecule has 4 rings (SSSR count). The highest BCUT2D eigenvalue weighted by Crippen LogP contribution is 2.32. The number of carboxylic acids is 2. The Kier molecular flexibility index (Phi) is 7.74. The predicted molar refractivity (Wildman–Crippen MR) is 125 cm³/mol. The van der Waals surface area contributed by atoms with Crippen LogP contribution in [0.5, 0.6) is 0 Å². The molecule has 1 aromatic heterocycles. The standard InChI is InChI=1S/C21H23N3O.C4H4O4/c1-15-7-9-17(10-8-15)21(25)24-19-6-4-3-5-18(19)20(22-24)16-11-13-23(2)14-12-16;5-3(6)1-2-4(7)8/h3-10,16H,11-14H2,1-2H3;1-2H,(H,5,6)(H,7,8). The van der Waals surface area contributed by atoms with Gasteiger partial charge in [-0.15, -0.1) is 0 Å². The van der Waals surface area contributed by atoms with Gasteiger partial charge in [0.1, 0.15) is 0 Å². The van der Waals surface area contributed by atoms with E-state index in [1.807, 2.05) is 49.4 Å². The van der Waals surface area contributed by atoms with E-state index in [4.69, 9.17) is 15.3 Å². The van der Waals surface area contributed by atoms with Crippen molar-refractivity contribution in [1.29, 1.82) is 0 Å². The van der Waals surface area contributed by atoms with Gasteiger partial charge in [-0.05, 0) is 58.1 Å². The Morgan fingerprint density at radius 2 is 1.52 bits per heavy atom.